The number of carbonyl (C=O) groups excluding carboxylic acids is 2. The molecular formula is C28H29FN6O3. The third kappa shape index (κ3) is 5.12. The molecule has 38 heavy (non-hydrogen) atoms. The number of aryl methyl sites for hydroxylation is 2. The monoisotopic (exact) mass is 516 g/mol. The molecule has 1 aliphatic rings. The number of aromatic nitrogens is 4. The first kappa shape index (κ1) is 25.5. The lowest BCUT2D eigenvalue weighted by Gasteiger charge is -2.28. The molecule has 1 aliphatic heterocycles. The summed E-state index contributed by atoms with van der Waals surface area (Å²) in [6, 6.07) is 10.3. The normalized spacial score (nSPS) is 18.2. The van der Waals surface area contributed by atoms with Gasteiger partial charge in [0, 0.05) is 59.3 Å². The summed E-state index contributed by atoms with van der Waals surface area (Å²) >= 11 is 0. The summed E-state index contributed by atoms with van der Waals surface area (Å²) in [4.78, 5) is 39.9. The maximum absolute atomic E-state index is 14.5. The van der Waals surface area contributed by atoms with Gasteiger partial charge in [-0.05, 0) is 43.7 Å². The maximum atomic E-state index is 14.5. The Bertz CT molecular complexity index is 1500. The molecule has 0 saturated carbocycles. The zero-order chi connectivity index (χ0) is 27.0. The van der Waals surface area contributed by atoms with Crippen LogP contribution in [0.5, 0.6) is 0 Å². The van der Waals surface area contributed by atoms with Crippen molar-refractivity contribution in [2.75, 3.05) is 6.54 Å². The van der Waals surface area contributed by atoms with Crippen molar-refractivity contribution < 1.29 is 19.1 Å². The first-order valence-corrected chi connectivity index (χ1v) is 12.5. The molecule has 10 heteroatoms. The van der Waals surface area contributed by atoms with Gasteiger partial charge in [-0.25, -0.2) is 14.4 Å². The van der Waals surface area contributed by atoms with Crippen LogP contribution >= 0.6 is 0 Å². The smallest absolute Gasteiger partial charge is 0.250 e. The van der Waals surface area contributed by atoms with Crippen molar-refractivity contribution in [1.82, 2.24) is 24.4 Å². The number of primary amides is 1. The SMILES string of the molecule is Cc1cccc(CC(O)[C@H]2C[C@@H](F)CN2C(=O)Cn2cc(C(N)=O)c3cc(-c4cnc(C)nc4)ccc32)n1. The number of carbonyl (C=O) groups is 2. The average Bonchev–Trinajstić information content (AvgIpc) is 3.45. The zero-order valence-corrected chi connectivity index (χ0v) is 21.2. The van der Waals surface area contributed by atoms with E-state index in [9.17, 15) is 19.1 Å². The van der Waals surface area contributed by atoms with Crippen LogP contribution in [0.25, 0.3) is 22.0 Å². The van der Waals surface area contributed by atoms with Crippen molar-refractivity contribution in [2.24, 2.45) is 5.73 Å². The summed E-state index contributed by atoms with van der Waals surface area (Å²) in [6.07, 6.45) is 3.03. The second-order valence-electron chi connectivity index (χ2n) is 9.77. The second-order valence-corrected chi connectivity index (χ2v) is 9.77. The number of nitrogens with two attached hydrogens (primary N) is 1. The molecule has 1 fully saturated rings. The lowest BCUT2D eigenvalue weighted by Crippen LogP contribution is -2.45. The van der Waals surface area contributed by atoms with Crippen LogP contribution in [0.2, 0.25) is 0 Å². The number of aliphatic hydroxyl groups excluding tert-OH is 1. The summed E-state index contributed by atoms with van der Waals surface area (Å²) < 4.78 is 16.1. The molecule has 9 nitrogen and oxygen atoms in total. The van der Waals surface area contributed by atoms with Crippen molar-refractivity contribution in [3.8, 4) is 11.1 Å². The van der Waals surface area contributed by atoms with Crippen LogP contribution in [0, 0.1) is 13.8 Å². The highest BCUT2D eigenvalue weighted by molar-refractivity contribution is 6.07. The molecule has 1 saturated heterocycles. The van der Waals surface area contributed by atoms with E-state index in [4.69, 9.17) is 5.73 Å². The van der Waals surface area contributed by atoms with Gasteiger partial charge < -0.3 is 20.3 Å². The second kappa shape index (κ2) is 10.3. The van der Waals surface area contributed by atoms with Gasteiger partial charge >= 0.3 is 0 Å². The van der Waals surface area contributed by atoms with Gasteiger partial charge in [0.05, 0.1) is 24.3 Å². The molecule has 0 spiro atoms. The standard InChI is InChI=1S/C28H29FN6O3/c1-16-4-3-5-21(33-16)10-26(36)25-9-20(29)13-35(25)27(37)15-34-14-23(28(30)38)22-8-18(6-7-24(22)34)19-11-31-17(2)32-12-19/h3-8,11-12,14,20,25-26,36H,9-10,13,15H2,1-2H3,(H2,30,38)/t20-,25-,26?/m1/s1. The minimum absolute atomic E-state index is 0.0552. The number of pyridine rings is 1. The van der Waals surface area contributed by atoms with Gasteiger partial charge in [-0.3, -0.25) is 14.6 Å². The number of likely N-dealkylation sites (tertiary alicyclic amines) is 1. The van der Waals surface area contributed by atoms with E-state index in [1.54, 1.807) is 36.1 Å². The number of benzene rings is 1. The fourth-order valence-corrected chi connectivity index (χ4v) is 5.11. The molecule has 3 aromatic heterocycles. The Kier molecular flexibility index (Phi) is 6.90. The van der Waals surface area contributed by atoms with Crippen LogP contribution in [-0.2, 0) is 17.8 Å². The summed E-state index contributed by atoms with van der Waals surface area (Å²) in [5, 5.41) is 11.5. The average molecular weight is 517 g/mol. The number of hydrogen-bond acceptors (Lipinski definition) is 6. The van der Waals surface area contributed by atoms with Crippen molar-refractivity contribution in [1.29, 1.82) is 0 Å². The van der Waals surface area contributed by atoms with E-state index in [0.717, 1.165) is 16.8 Å². The maximum Gasteiger partial charge on any atom is 0.250 e. The van der Waals surface area contributed by atoms with Gasteiger partial charge in [0.15, 0.2) is 0 Å². The van der Waals surface area contributed by atoms with Gasteiger partial charge in [-0.15, -0.1) is 0 Å². The van der Waals surface area contributed by atoms with Gasteiger partial charge in [-0.1, -0.05) is 12.1 Å². The number of halogens is 1. The largest absolute Gasteiger partial charge is 0.391 e. The van der Waals surface area contributed by atoms with Gasteiger partial charge in [0.25, 0.3) is 5.91 Å². The highest BCUT2D eigenvalue weighted by atomic mass is 19.1. The lowest BCUT2D eigenvalue weighted by molar-refractivity contribution is -0.134. The Labute approximate surface area is 219 Å². The first-order valence-electron chi connectivity index (χ1n) is 12.5. The molecule has 0 bridgehead atoms. The molecule has 1 unspecified atom stereocenters. The van der Waals surface area contributed by atoms with Crippen LogP contribution in [0.1, 0.15) is 34.0 Å². The Morgan fingerprint density at radius 2 is 1.92 bits per heavy atom. The van der Waals surface area contributed by atoms with E-state index in [1.165, 1.54) is 4.90 Å². The Morgan fingerprint density at radius 3 is 2.63 bits per heavy atom. The highest BCUT2D eigenvalue weighted by Gasteiger charge is 2.39. The minimum atomic E-state index is -1.23. The lowest BCUT2D eigenvalue weighted by atomic mass is 10.0. The number of aliphatic hydroxyl groups is 1. The molecule has 1 aromatic carbocycles. The summed E-state index contributed by atoms with van der Waals surface area (Å²) in [6.45, 7) is 3.43. The highest BCUT2D eigenvalue weighted by Crippen LogP contribution is 2.29. The zero-order valence-electron chi connectivity index (χ0n) is 21.2. The summed E-state index contributed by atoms with van der Waals surface area (Å²) in [5.41, 5.74) is 9.66. The summed E-state index contributed by atoms with van der Waals surface area (Å²) in [5.74, 6) is -0.328. The summed E-state index contributed by atoms with van der Waals surface area (Å²) in [7, 11) is 0. The van der Waals surface area contributed by atoms with E-state index >= 15 is 0 Å². The van der Waals surface area contributed by atoms with Crippen molar-refractivity contribution >= 4 is 22.7 Å². The molecular weight excluding hydrogens is 487 g/mol. The van der Waals surface area contributed by atoms with Gasteiger partial charge in [0.1, 0.15) is 18.5 Å². The first-order chi connectivity index (χ1) is 18.2. The van der Waals surface area contributed by atoms with Crippen LogP contribution in [0.4, 0.5) is 4.39 Å². The predicted molar refractivity (Wildman–Crippen MR) is 140 cm³/mol. The predicted octanol–water partition coefficient (Wildman–Crippen LogP) is 2.75. The van der Waals surface area contributed by atoms with Crippen LogP contribution in [-0.4, -0.2) is 66.2 Å². The minimum Gasteiger partial charge on any atom is -0.391 e. The Morgan fingerprint density at radius 1 is 1.16 bits per heavy atom. The number of rotatable bonds is 7. The number of amides is 2. The fourth-order valence-electron chi connectivity index (χ4n) is 5.11. The van der Waals surface area contributed by atoms with E-state index in [1.807, 2.05) is 37.3 Å². The number of fused-ring (bicyclic) bond motifs is 1. The van der Waals surface area contributed by atoms with Crippen LogP contribution in [0.15, 0.2) is 55.0 Å². The van der Waals surface area contributed by atoms with Crippen molar-refractivity contribution in [3.63, 3.8) is 0 Å². The molecule has 5 rings (SSSR count). The fraction of sp³-hybridized carbons (Fsp3) is 0.321. The number of hydrogen-bond donors (Lipinski definition) is 2. The van der Waals surface area contributed by atoms with E-state index in [2.05, 4.69) is 15.0 Å². The quantitative estimate of drug-likeness (QED) is 0.389. The van der Waals surface area contributed by atoms with Crippen LogP contribution < -0.4 is 5.73 Å². The molecule has 4 aromatic rings. The molecule has 3 atom stereocenters. The van der Waals surface area contributed by atoms with E-state index in [0.29, 0.717) is 22.4 Å². The Balaban J connectivity index is 1.40. The van der Waals surface area contributed by atoms with Crippen molar-refractivity contribution in [3.05, 3.63) is 77.8 Å². The molecule has 196 valence electrons. The number of alkyl halides is 1. The molecule has 2 amide bonds. The van der Waals surface area contributed by atoms with Gasteiger partial charge in [-0.2, -0.15) is 0 Å². The third-order valence-corrected chi connectivity index (χ3v) is 6.99. The third-order valence-electron chi connectivity index (χ3n) is 6.99. The van der Waals surface area contributed by atoms with E-state index < -0.39 is 24.2 Å². The van der Waals surface area contributed by atoms with Crippen LogP contribution in [0.3, 0.4) is 0 Å². The molecule has 0 radical (unpaired) electrons. The van der Waals surface area contributed by atoms with Gasteiger partial charge in [0.2, 0.25) is 5.91 Å². The number of nitrogens with zero attached hydrogens (tertiary/aromatic N) is 5. The van der Waals surface area contributed by atoms with E-state index in [-0.39, 0.29) is 37.4 Å². The molecule has 0 aliphatic carbocycles. The Hall–Kier alpha value is -4.18. The van der Waals surface area contributed by atoms with Crippen molar-refractivity contribution in [2.45, 2.75) is 51.6 Å². The molecule has 3 N–H and O–H groups in total. The topological polar surface area (TPSA) is 127 Å². The molecule has 4 heterocycles.